The average Bonchev–Trinajstić information content (AvgIpc) is 1.82. The van der Waals surface area contributed by atoms with Gasteiger partial charge < -0.3 is 10.1 Å². The van der Waals surface area contributed by atoms with Gasteiger partial charge in [-0.3, -0.25) is 0 Å². The van der Waals surface area contributed by atoms with Gasteiger partial charge in [-0.2, -0.15) is 0 Å². The molecule has 0 aromatic rings. The fourth-order valence-corrected chi connectivity index (χ4v) is 1.62. The molecule has 68 valence electrons. The van der Waals surface area contributed by atoms with Crippen LogP contribution in [0.1, 0.15) is 33.6 Å². The Bertz CT molecular complexity index is 216. The van der Waals surface area contributed by atoms with Gasteiger partial charge in [0.25, 0.3) is 0 Å². The van der Waals surface area contributed by atoms with Crippen LogP contribution in [0.2, 0.25) is 0 Å². The maximum absolute atomic E-state index is 7.60. The van der Waals surface area contributed by atoms with Crippen molar-refractivity contribution >= 4 is 5.71 Å². The van der Waals surface area contributed by atoms with Crippen LogP contribution in [-0.2, 0) is 4.74 Å². The molecule has 1 N–H and O–H groups in total. The molecule has 0 heterocycles. The van der Waals surface area contributed by atoms with Crippen LogP contribution in [0, 0.1) is 10.8 Å². The Morgan fingerprint density at radius 3 is 2.67 bits per heavy atom. The molecule has 0 atom stereocenters. The number of hydrogen-bond donors (Lipinski definition) is 1. The summed E-state index contributed by atoms with van der Waals surface area (Å²) in [6, 6.07) is 0. The van der Waals surface area contributed by atoms with Gasteiger partial charge in [0.15, 0.2) is 0 Å². The molecule has 0 radical (unpaired) electrons. The van der Waals surface area contributed by atoms with E-state index in [2.05, 4.69) is 13.8 Å². The van der Waals surface area contributed by atoms with Crippen LogP contribution in [0.3, 0.4) is 0 Å². The highest BCUT2D eigenvalue weighted by atomic mass is 16.5. The smallest absolute Gasteiger partial charge is 0.0982 e. The molecule has 0 bridgehead atoms. The second-order valence-corrected chi connectivity index (χ2v) is 4.09. The van der Waals surface area contributed by atoms with E-state index in [4.69, 9.17) is 10.1 Å². The predicted molar refractivity (Wildman–Crippen MR) is 50.5 cm³/mol. The fourth-order valence-electron chi connectivity index (χ4n) is 1.62. The molecule has 0 aromatic carbocycles. The molecule has 0 unspecified atom stereocenters. The maximum Gasteiger partial charge on any atom is 0.0982 e. The topological polar surface area (TPSA) is 33.1 Å². The third kappa shape index (κ3) is 2.36. The number of rotatable bonds is 2. The van der Waals surface area contributed by atoms with Crippen molar-refractivity contribution in [2.24, 2.45) is 5.41 Å². The van der Waals surface area contributed by atoms with Gasteiger partial charge >= 0.3 is 0 Å². The predicted octanol–water partition coefficient (Wildman–Crippen LogP) is 2.75. The first-order valence-corrected chi connectivity index (χ1v) is 4.44. The van der Waals surface area contributed by atoms with Crippen LogP contribution in [-0.4, -0.2) is 12.3 Å². The van der Waals surface area contributed by atoms with Crippen molar-refractivity contribution < 1.29 is 4.74 Å². The second kappa shape index (κ2) is 3.30. The fraction of sp³-hybridized carbons (Fsp3) is 0.700. The zero-order valence-electron chi connectivity index (χ0n) is 8.11. The molecule has 0 saturated heterocycles. The summed E-state index contributed by atoms with van der Waals surface area (Å²) in [6.07, 6.45) is 3.68. The summed E-state index contributed by atoms with van der Waals surface area (Å²) in [5, 5.41) is 7.60. The van der Waals surface area contributed by atoms with E-state index >= 15 is 0 Å². The van der Waals surface area contributed by atoms with Crippen LogP contribution in [0.15, 0.2) is 11.8 Å². The third-order valence-corrected chi connectivity index (χ3v) is 1.99. The van der Waals surface area contributed by atoms with E-state index in [0.29, 0.717) is 12.3 Å². The van der Waals surface area contributed by atoms with Gasteiger partial charge in [-0.1, -0.05) is 13.8 Å². The van der Waals surface area contributed by atoms with E-state index in [1.165, 1.54) is 0 Å². The standard InChI is InChI=1S/C10H17NO/c1-4-12-9-5-8(11)6-10(2,3)7-9/h5,11H,4,6-7H2,1-3H3. The van der Waals surface area contributed by atoms with E-state index < -0.39 is 0 Å². The molecule has 1 aliphatic rings. The Hall–Kier alpha value is -0.790. The van der Waals surface area contributed by atoms with Gasteiger partial charge in [-0.05, 0) is 24.8 Å². The molecule has 2 nitrogen and oxygen atoms in total. The minimum absolute atomic E-state index is 0.205. The Kier molecular flexibility index (Phi) is 2.55. The van der Waals surface area contributed by atoms with Crippen LogP contribution < -0.4 is 0 Å². The second-order valence-electron chi connectivity index (χ2n) is 4.09. The number of nitrogens with one attached hydrogen (secondary N) is 1. The highest BCUT2D eigenvalue weighted by Crippen LogP contribution is 2.33. The normalized spacial score (nSPS) is 21.9. The summed E-state index contributed by atoms with van der Waals surface area (Å²) in [4.78, 5) is 0. The number of ether oxygens (including phenoxy) is 1. The average molecular weight is 167 g/mol. The van der Waals surface area contributed by atoms with Crippen molar-refractivity contribution in [2.75, 3.05) is 6.61 Å². The zero-order chi connectivity index (χ0) is 9.19. The van der Waals surface area contributed by atoms with Crippen molar-refractivity contribution in [1.29, 1.82) is 5.41 Å². The Morgan fingerprint density at radius 2 is 2.17 bits per heavy atom. The molecule has 0 fully saturated rings. The van der Waals surface area contributed by atoms with Crippen molar-refractivity contribution in [1.82, 2.24) is 0 Å². The monoisotopic (exact) mass is 167 g/mol. The third-order valence-electron chi connectivity index (χ3n) is 1.99. The molecule has 0 saturated carbocycles. The molecule has 1 aliphatic carbocycles. The first-order chi connectivity index (χ1) is 5.53. The van der Waals surface area contributed by atoms with Gasteiger partial charge in [0.1, 0.15) is 0 Å². The SMILES string of the molecule is CCOC1=CC(=N)CC(C)(C)C1. The summed E-state index contributed by atoms with van der Waals surface area (Å²) in [5.74, 6) is 0.971. The van der Waals surface area contributed by atoms with Gasteiger partial charge in [0, 0.05) is 12.1 Å². The zero-order valence-corrected chi connectivity index (χ0v) is 8.11. The van der Waals surface area contributed by atoms with Crippen molar-refractivity contribution in [3.63, 3.8) is 0 Å². The van der Waals surface area contributed by atoms with Crippen LogP contribution >= 0.6 is 0 Å². The molecule has 12 heavy (non-hydrogen) atoms. The molecular formula is C10H17NO. The van der Waals surface area contributed by atoms with Gasteiger partial charge in [-0.25, -0.2) is 0 Å². The number of allylic oxidation sites excluding steroid dienone is 2. The Morgan fingerprint density at radius 1 is 1.50 bits per heavy atom. The summed E-state index contributed by atoms with van der Waals surface area (Å²) < 4.78 is 5.41. The largest absolute Gasteiger partial charge is 0.498 e. The quantitative estimate of drug-likeness (QED) is 0.674. The van der Waals surface area contributed by atoms with Gasteiger partial charge in [0.05, 0.1) is 12.4 Å². The lowest BCUT2D eigenvalue weighted by atomic mass is 9.79. The van der Waals surface area contributed by atoms with E-state index in [9.17, 15) is 0 Å². The van der Waals surface area contributed by atoms with Gasteiger partial charge in [-0.15, -0.1) is 0 Å². The Balaban J connectivity index is 2.69. The maximum atomic E-state index is 7.60. The number of hydrogen-bond acceptors (Lipinski definition) is 2. The summed E-state index contributed by atoms with van der Waals surface area (Å²) in [6.45, 7) is 7.03. The molecule has 0 aromatic heterocycles. The molecule has 0 amide bonds. The molecule has 2 heteroatoms. The first kappa shape index (κ1) is 9.30. The van der Waals surface area contributed by atoms with Crippen molar-refractivity contribution in [2.45, 2.75) is 33.6 Å². The van der Waals surface area contributed by atoms with E-state index in [1.54, 1.807) is 0 Å². The summed E-state index contributed by atoms with van der Waals surface area (Å²) >= 11 is 0. The van der Waals surface area contributed by atoms with Crippen molar-refractivity contribution in [3.8, 4) is 0 Å². The van der Waals surface area contributed by atoms with Gasteiger partial charge in [0.2, 0.25) is 0 Å². The highest BCUT2D eigenvalue weighted by Gasteiger charge is 2.26. The molecule has 0 aliphatic heterocycles. The lowest BCUT2D eigenvalue weighted by Gasteiger charge is -2.29. The minimum Gasteiger partial charge on any atom is -0.498 e. The van der Waals surface area contributed by atoms with Crippen LogP contribution in [0.25, 0.3) is 0 Å². The van der Waals surface area contributed by atoms with Crippen LogP contribution in [0.5, 0.6) is 0 Å². The summed E-state index contributed by atoms with van der Waals surface area (Å²) in [7, 11) is 0. The molecule has 0 spiro atoms. The first-order valence-electron chi connectivity index (χ1n) is 4.44. The van der Waals surface area contributed by atoms with E-state index in [1.807, 2.05) is 13.0 Å². The molecule has 1 rings (SSSR count). The van der Waals surface area contributed by atoms with Crippen LogP contribution in [0.4, 0.5) is 0 Å². The van der Waals surface area contributed by atoms with Crippen molar-refractivity contribution in [3.05, 3.63) is 11.8 Å². The molecular weight excluding hydrogens is 150 g/mol. The minimum atomic E-state index is 0.205. The highest BCUT2D eigenvalue weighted by molar-refractivity contribution is 5.93. The summed E-state index contributed by atoms with van der Waals surface area (Å²) in [5.41, 5.74) is 0.894. The van der Waals surface area contributed by atoms with E-state index in [-0.39, 0.29) is 5.41 Å². The lowest BCUT2D eigenvalue weighted by Crippen LogP contribution is -2.22. The van der Waals surface area contributed by atoms with E-state index in [0.717, 1.165) is 18.6 Å². The Labute approximate surface area is 74.1 Å². The lowest BCUT2D eigenvalue weighted by molar-refractivity contribution is 0.184.